The van der Waals surface area contributed by atoms with Gasteiger partial charge < -0.3 is 19.9 Å². The molecular formula is C26H28ClF2N7O2S. The highest BCUT2D eigenvalue weighted by Crippen LogP contribution is 2.43. The summed E-state index contributed by atoms with van der Waals surface area (Å²) in [6.45, 7) is -0.367. The lowest BCUT2D eigenvalue weighted by Gasteiger charge is -2.32. The molecule has 3 aromatic heterocycles. The number of hydrogen-bond acceptors (Lipinski definition) is 8. The molecule has 0 bridgehead atoms. The van der Waals surface area contributed by atoms with Gasteiger partial charge >= 0.3 is 6.61 Å². The maximum Gasteiger partial charge on any atom is 0.387 e. The summed E-state index contributed by atoms with van der Waals surface area (Å²) in [5.41, 5.74) is 1.24. The second-order valence-corrected chi connectivity index (χ2v) is 11.0. The van der Waals surface area contributed by atoms with Gasteiger partial charge in [0, 0.05) is 36.1 Å². The molecule has 4 heterocycles. The zero-order valence-electron chi connectivity index (χ0n) is 21.5. The maximum absolute atomic E-state index is 13.3. The number of piperidine rings is 1. The molecule has 1 N–H and O–H groups in total. The zero-order valence-corrected chi connectivity index (χ0v) is 23.1. The van der Waals surface area contributed by atoms with Crippen LogP contribution in [0.3, 0.4) is 0 Å². The Morgan fingerprint density at radius 2 is 2.10 bits per heavy atom. The van der Waals surface area contributed by atoms with Crippen LogP contribution in [-0.2, 0) is 0 Å². The van der Waals surface area contributed by atoms with Gasteiger partial charge in [-0.1, -0.05) is 22.9 Å². The van der Waals surface area contributed by atoms with Crippen LogP contribution in [0.5, 0.6) is 5.75 Å². The molecule has 13 heteroatoms. The molecular weight excluding hydrogens is 548 g/mol. The summed E-state index contributed by atoms with van der Waals surface area (Å²) in [4.78, 5) is 26.8. The Balaban J connectivity index is 1.47. The number of aromatic nitrogens is 4. The second kappa shape index (κ2) is 11.8. The first kappa shape index (κ1) is 27.2. The smallest absolute Gasteiger partial charge is 0.387 e. The minimum Gasteiger partial charge on any atom is -0.434 e. The fraction of sp³-hybridized carbons (Fsp3) is 0.385. The zero-order chi connectivity index (χ0) is 27.5. The number of halogens is 3. The molecule has 0 unspecified atom stereocenters. The molecule has 5 rings (SSSR count). The molecule has 1 saturated heterocycles. The highest BCUT2D eigenvalue weighted by molar-refractivity contribution is 7.20. The third-order valence-corrected chi connectivity index (χ3v) is 7.92. The lowest BCUT2D eigenvalue weighted by Crippen LogP contribution is -2.34. The lowest BCUT2D eigenvalue weighted by molar-refractivity contribution is -0.0494. The average molecular weight is 576 g/mol. The fourth-order valence-corrected chi connectivity index (χ4v) is 5.81. The normalized spacial score (nSPS) is 14.5. The average Bonchev–Trinajstić information content (AvgIpc) is 3.53. The molecule has 1 aliphatic heterocycles. The maximum atomic E-state index is 13.3. The van der Waals surface area contributed by atoms with Gasteiger partial charge in [0.25, 0.3) is 5.91 Å². The van der Waals surface area contributed by atoms with Crippen molar-refractivity contribution in [3.05, 3.63) is 53.4 Å². The van der Waals surface area contributed by atoms with Crippen LogP contribution in [-0.4, -0.2) is 70.7 Å². The van der Waals surface area contributed by atoms with Crippen LogP contribution in [0.15, 0.2) is 42.9 Å². The van der Waals surface area contributed by atoms with Gasteiger partial charge in [-0.3, -0.25) is 4.79 Å². The highest BCUT2D eigenvalue weighted by atomic mass is 35.5. The number of carbonyl (C=O) groups excluding carboxylic acids is 1. The Hall–Kier alpha value is -3.35. The summed E-state index contributed by atoms with van der Waals surface area (Å²) in [6.07, 6.45) is 7.88. The molecule has 1 aliphatic rings. The molecule has 0 spiro atoms. The minimum atomic E-state index is -3.04. The van der Waals surface area contributed by atoms with Crippen molar-refractivity contribution < 1.29 is 18.3 Å². The largest absolute Gasteiger partial charge is 0.434 e. The van der Waals surface area contributed by atoms with E-state index in [4.69, 9.17) is 21.3 Å². The van der Waals surface area contributed by atoms with E-state index in [2.05, 4.69) is 39.3 Å². The number of benzene rings is 1. The Kier molecular flexibility index (Phi) is 8.24. The van der Waals surface area contributed by atoms with Crippen molar-refractivity contribution >= 4 is 44.6 Å². The molecule has 4 aromatic rings. The molecule has 1 aromatic carbocycles. The number of amides is 1. The van der Waals surface area contributed by atoms with Gasteiger partial charge in [0.1, 0.15) is 22.0 Å². The summed E-state index contributed by atoms with van der Waals surface area (Å²) in [5, 5.41) is 8.49. The van der Waals surface area contributed by atoms with E-state index in [1.165, 1.54) is 40.2 Å². The number of nitrogens with zero attached hydrogens (tertiary/aromatic N) is 6. The van der Waals surface area contributed by atoms with Crippen molar-refractivity contribution in [3.8, 4) is 17.0 Å². The Labute approximate surface area is 233 Å². The number of alkyl halides is 2. The first-order chi connectivity index (χ1) is 18.8. The summed E-state index contributed by atoms with van der Waals surface area (Å²) < 4.78 is 32.8. The van der Waals surface area contributed by atoms with Gasteiger partial charge in [-0.15, -0.1) is 0 Å². The predicted octanol–water partition coefficient (Wildman–Crippen LogP) is 5.53. The number of carbonyl (C=O) groups is 1. The lowest BCUT2D eigenvalue weighted by atomic mass is 9.94. The quantitative estimate of drug-likeness (QED) is 0.281. The number of hydrogen-bond donors (Lipinski definition) is 1. The third-order valence-electron chi connectivity index (χ3n) is 6.65. The van der Waals surface area contributed by atoms with Gasteiger partial charge in [-0.05, 0) is 70.1 Å². The van der Waals surface area contributed by atoms with Crippen molar-refractivity contribution in [1.82, 2.24) is 24.5 Å². The molecule has 0 radical (unpaired) electrons. The van der Waals surface area contributed by atoms with E-state index >= 15 is 0 Å². The van der Waals surface area contributed by atoms with E-state index in [1.807, 2.05) is 0 Å². The standard InChI is InChI=1S/C26H28ClF2N7O2S/c1-34(2)11-6-16-7-12-35(13-8-16)26-32-21(18-14-17(27)4-5-20(18)38-25(28)29)24(39-26)33-23(37)19-15-31-36-10-3-9-30-22(19)36/h3-5,9-10,14-16,25H,6-8,11-13H2,1-2H3,(H,33,37). The van der Waals surface area contributed by atoms with Gasteiger partial charge in [0.15, 0.2) is 10.8 Å². The molecule has 0 atom stereocenters. The fourth-order valence-electron chi connectivity index (χ4n) is 4.61. The predicted molar refractivity (Wildman–Crippen MR) is 148 cm³/mol. The number of nitrogens with one attached hydrogen (secondary N) is 1. The number of ether oxygens (including phenoxy) is 1. The second-order valence-electron chi connectivity index (χ2n) is 9.62. The Bertz CT molecular complexity index is 1450. The van der Waals surface area contributed by atoms with E-state index < -0.39 is 12.5 Å². The molecule has 1 amide bonds. The van der Waals surface area contributed by atoms with Gasteiger partial charge in [-0.25, -0.2) is 14.5 Å². The molecule has 206 valence electrons. The molecule has 1 fully saturated rings. The van der Waals surface area contributed by atoms with Crippen LogP contribution in [0, 0.1) is 5.92 Å². The number of rotatable bonds is 9. The highest BCUT2D eigenvalue weighted by Gasteiger charge is 2.27. The van der Waals surface area contributed by atoms with Crippen molar-refractivity contribution in [3.63, 3.8) is 0 Å². The van der Waals surface area contributed by atoms with Gasteiger partial charge in [-0.2, -0.15) is 13.9 Å². The first-order valence-corrected chi connectivity index (χ1v) is 13.7. The van der Waals surface area contributed by atoms with Crippen LogP contribution in [0.2, 0.25) is 5.02 Å². The van der Waals surface area contributed by atoms with E-state index in [0.29, 0.717) is 32.4 Å². The van der Waals surface area contributed by atoms with E-state index in [0.717, 1.165) is 38.9 Å². The molecule has 0 aliphatic carbocycles. The molecule has 39 heavy (non-hydrogen) atoms. The Morgan fingerprint density at radius 3 is 2.85 bits per heavy atom. The van der Waals surface area contributed by atoms with Crippen LogP contribution < -0.4 is 15.0 Å². The summed E-state index contributed by atoms with van der Waals surface area (Å²) in [7, 11) is 4.15. The number of anilines is 2. The van der Waals surface area contributed by atoms with Gasteiger partial charge in [0.2, 0.25) is 0 Å². The van der Waals surface area contributed by atoms with Crippen molar-refractivity contribution in [1.29, 1.82) is 0 Å². The van der Waals surface area contributed by atoms with E-state index in [1.54, 1.807) is 18.5 Å². The van der Waals surface area contributed by atoms with E-state index in [-0.39, 0.29) is 16.9 Å². The summed E-state index contributed by atoms with van der Waals surface area (Å²) in [6, 6.07) is 6.07. The number of thiazole rings is 1. The topological polar surface area (TPSA) is 87.9 Å². The summed E-state index contributed by atoms with van der Waals surface area (Å²) in [5.74, 6) is 0.104. The first-order valence-electron chi connectivity index (χ1n) is 12.5. The summed E-state index contributed by atoms with van der Waals surface area (Å²) >= 11 is 7.53. The third kappa shape index (κ3) is 6.29. The minimum absolute atomic E-state index is 0.0817. The number of fused-ring (bicyclic) bond motifs is 1. The van der Waals surface area contributed by atoms with Crippen LogP contribution in [0.1, 0.15) is 29.6 Å². The van der Waals surface area contributed by atoms with Crippen molar-refractivity contribution in [2.75, 3.05) is 43.9 Å². The van der Waals surface area contributed by atoms with Crippen LogP contribution in [0.25, 0.3) is 16.9 Å². The van der Waals surface area contributed by atoms with Gasteiger partial charge in [0.05, 0.1) is 6.20 Å². The van der Waals surface area contributed by atoms with E-state index in [9.17, 15) is 13.6 Å². The van der Waals surface area contributed by atoms with Crippen LogP contribution in [0.4, 0.5) is 18.9 Å². The molecule has 0 saturated carbocycles. The Morgan fingerprint density at radius 1 is 1.31 bits per heavy atom. The van der Waals surface area contributed by atoms with Crippen LogP contribution >= 0.6 is 22.9 Å². The monoisotopic (exact) mass is 575 g/mol. The SMILES string of the molecule is CN(C)CCC1CCN(c2nc(-c3cc(Cl)ccc3OC(F)F)c(NC(=O)c3cnn4cccnc34)s2)CC1. The molecule has 9 nitrogen and oxygen atoms in total. The van der Waals surface area contributed by atoms with Crippen molar-refractivity contribution in [2.45, 2.75) is 25.9 Å². The van der Waals surface area contributed by atoms with Crippen molar-refractivity contribution in [2.24, 2.45) is 5.92 Å².